The van der Waals surface area contributed by atoms with E-state index in [0.717, 1.165) is 5.56 Å². The first-order valence-electron chi connectivity index (χ1n) is 5.74. The Morgan fingerprint density at radius 3 is 2.31 bits per heavy atom. The van der Waals surface area contributed by atoms with Crippen molar-refractivity contribution in [2.45, 2.75) is 31.6 Å². The molecule has 1 saturated carbocycles. The number of halogens is 2. The summed E-state index contributed by atoms with van der Waals surface area (Å²) in [4.78, 5) is 0. The largest absolute Gasteiger partial charge is 0.330 e. The van der Waals surface area contributed by atoms with E-state index >= 15 is 0 Å². The molecule has 88 valence electrons. The summed E-state index contributed by atoms with van der Waals surface area (Å²) < 4.78 is 27.5. The van der Waals surface area contributed by atoms with E-state index < -0.39 is 11.8 Å². The van der Waals surface area contributed by atoms with Gasteiger partial charge in [-0.3, -0.25) is 0 Å². The predicted molar refractivity (Wildman–Crippen MR) is 60.5 cm³/mol. The van der Waals surface area contributed by atoms with E-state index in [9.17, 15) is 8.78 Å². The van der Waals surface area contributed by atoms with E-state index in [1.54, 1.807) is 24.3 Å². The summed E-state index contributed by atoms with van der Waals surface area (Å²) in [6.45, 7) is 2.53. The third kappa shape index (κ3) is 2.09. The van der Waals surface area contributed by atoms with Gasteiger partial charge in [0.1, 0.15) is 0 Å². The van der Waals surface area contributed by atoms with Crippen LogP contribution in [0.3, 0.4) is 0 Å². The quantitative estimate of drug-likeness (QED) is 0.836. The second kappa shape index (κ2) is 4.13. The zero-order chi connectivity index (χ0) is 11.8. The first kappa shape index (κ1) is 11.5. The molecular formula is C13H17F2N. The summed E-state index contributed by atoms with van der Waals surface area (Å²) >= 11 is 0. The summed E-state index contributed by atoms with van der Waals surface area (Å²) in [6, 6.07) is 6.62. The highest BCUT2D eigenvalue weighted by Gasteiger charge is 2.47. The zero-order valence-corrected chi connectivity index (χ0v) is 9.42. The molecule has 2 N–H and O–H groups in total. The Kier molecular flexibility index (Phi) is 2.98. The van der Waals surface area contributed by atoms with Crippen LogP contribution in [0.15, 0.2) is 24.3 Å². The van der Waals surface area contributed by atoms with Gasteiger partial charge in [-0.05, 0) is 30.9 Å². The van der Waals surface area contributed by atoms with E-state index in [2.05, 4.69) is 0 Å². The van der Waals surface area contributed by atoms with Crippen LogP contribution in [0.1, 0.15) is 36.8 Å². The minimum atomic E-state index is -2.65. The van der Waals surface area contributed by atoms with Gasteiger partial charge in [-0.25, -0.2) is 8.78 Å². The predicted octanol–water partition coefficient (Wildman–Crippen LogP) is 3.25. The molecule has 1 atom stereocenters. The van der Waals surface area contributed by atoms with Gasteiger partial charge >= 0.3 is 0 Å². The Balaban J connectivity index is 2.18. The Labute approximate surface area is 94.7 Å². The SMILES string of the molecule is CC(CN)c1ccc(C(F)(F)C2CC2)cc1. The molecule has 0 heterocycles. The van der Waals surface area contributed by atoms with Crippen molar-refractivity contribution in [3.63, 3.8) is 0 Å². The highest BCUT2D eigenvalue weighted by atomic mass is 19.3. The molecule has 0 bridgehead atoms. The van der Waals surface area contributed by atoms with Crippen LogP contribution in [0, 0.1) is 5.92 Å². The molecule has 1 aliphatic rings. The van der Waals surface area contributed by atoms with Gasteiger partial charge in [0.2, 0.25) is 0 Å². The molecule has 1 unspecified atom stereocenters. The van der Waals surface area contributed by atoms with Gasteiger partial charge in [0, 0.05) is 11.5 Å². The van der Waals surface area contributed by atoms with E-state index in [0.29, 0.717) is 19.4 Å². The standard InChI is InChI=1S/C13H17F2N/c1-9(8-16)10-2-4-11(5-3-10)13(14,15)12-6-7-12/h2-5,9,12H,6-8,16H2,1H3. The Morgan fingerprint density at radius 1 is 1.31 bits per heavy atom. The van der Waals surface area contributed by atoms with Crippen molar-refractivity contribution in [3.05, 3.63) is 35.4 Å². The zero-order valence-electron chi connectivity index (χ0n) is 9.42. The van der Waals surface area contributed by atoms with E-state index in [1.807, 2.05) is 6.92 Å². The van der Waals surface area contributed by atoms with Gasteiger partial charge in [-0.2, -0.15) is 0 Å². The van der Waals surface area contributed by atoms with Crippen LogP contribution < -0.4 is 5.73 Å². The maximum absolute atomic E-state index is 13.7. The van der Waals surface area contributed by atoms with Gasteiger partial charge in [0.15, 0.2) is 0 Å². The van der Waals surface area contributed by atoms with Crippen LogP contribution in [-0.4, -0.2) is 6.54 Å². The molecule has 0 amide bonds. The van der Waals surface area contributed by atoms with Crippen LogP contribution in [0.2, 0.25) is 0 Å². The molecule has 0 spiro atoms. The summed E-state index contributed by atoms with van der Waals surface area (Å²) in [6.07, 6.45) is 1.29. The van der Waals surface area contributed by atoms with Crippen LogP contribution in [0.4, 0.5) is 8.78 Å². The molecule has 0 saturated heterocycles. The molecule has 0 radical (unpaired) electrons. The average molecular weight is 225 g/mol. The fourth-order valence-electron chi connectivity index (χ4n) is 1.85. The van der Waals surface area contributed by atoms with E-state index in [4.69, 9.17) is 5.73 Å². The molecule has 1 aliphatic carbocycles. The molecule has 1 aromatic carbocycles. The minimum absolute atomic E-state index is 0.142. The first-order valence-corrected chi connectivity index (χ1v) is 5.74. The average Bonchev–Trinajstić information content (AvgIpc) is 3.12. The molecular weight excluding hydrogens is 208 g/mol. The van der Waals surface area contributed by atoms with Crippen LogP contribution in [0.25, 0.3) is 0 Å². The third-order valence-corrected chi connectivity index (χ3v) is 3.31. The minimum Gasteiger partial charge on any atom is -0.330 e. The van der Waals surface area contributed by atoms with Crippen molar-refractivity contribution in [1.82, 2.24) is 0 Å². The maximum atomic E-state index is 13.7. The first-order chi connectivity index (χ1) is 7.55. The smallest absolute Gasteiger partial charge is 0.276 e. The number of hydrogen-bond acceptors (Lipinski definition) is 1. The van der Waals surface area contributed by atoms with E-state index in [-0.39, 0.29) is 11.5 Å². The molecule has 2 rings (SSSR count). The van der Waals surface area contributed by atoms with Crippen LogP contribution >= 0.6 is 0 Å². The maximum Gasteiger partial charge on any atom is 0.276 e. The number of benzene rings is 1. The lowest BCUT2D eigenvalue weighted by molar-refractivity contribution is -0.0285. The highest BCUT2D eigenvalue weighted by Crippen LogP contribution is 2.49. The lowest BCUT2D eigenvalue weighted by Crippen LogP contribution is -2.16. The normalized spacial score (nSPS) is 18.5. The van der Waals surface area contributed by atoms with Crippen molar-refractivity contribution in [2.24, 2.45) is 11.7 Å². The molecule has 1 aromatic rings. The summed E-state index contributed by atoms with van der Waals surface area (Å²) in [5.74, 6) is -2.86. The summed E-state index contributed by atoms with van der Waals surface area (Å²) in [5, 5.41) is 0. The molecule has 3 heteroatoms. The van der Waals surface area contributed by atoms with Crippen molar-refractivity contribution < 1.29 is 8.78 Å². The summed E-state index contributed by atoms with van der Waals surface area (Å²) in [7, 11) is 0. The number of alkyl halides is 2. The molecule has 16 heavy (non-hydrogen) atoms. The second-order valence-corrected chi connectivity index (χ2v) is 4.66. The lowest BCUT2D eigenvalue weighted by atomic mass is 9.97. The van der Waals surface area contributed by atoms with Gasteiger partial charge < -0.3 is 5.73 Å². The number of hydrogen-bond donors (Lipinski definition) is 1. The third-order valence-electron chi connectivity index (χ3n) is 3.31. The van der Waals surface area contributed by atoms with Crippen LogP contribution in [0.5, 0.6) is 0 Å². The Morgan fingerprint density at radius 2 is 1.88 bits per heavy atom. The Bertz CT molecular complexity index is 355. The second-order valence-electron chi connectivity index (χ2n) is 4.66. The molecule has 0 aromatic heterocycles. The topological polar surface area (TPSA) is 26.0 Å². The Hall–Kier alpha value is -0.960. The number of nitrogens with two attached hydrogens (primary N) is 1. The lowest BCUT2D eigenvalue weighted by Gasteiger charge is -2.17. The van der Waals surface area contributed by atoms with Gasteiger partial charge in [0.05, 0.1) is 0 Å². The van der Waals surface area contributed by atoms with Gasteiger partial charge in [-0.15, -0.1) is 0 Å². The van der Waals surface area contributed by atoms with Crippen molar-refractivity contribution in [1.29, 1.82) is 0 Å². The number of rotatable bonds is 4. The molecule has 1 nitrogen and oxygen atoms in total. The van der Waals surface area contributed by atoms with E-state index in [1.165, 1.54) is 0 Å². The highest BCUT2D eigenvalue weighted by molar-refractivity contribution is 5.29. The van der Waals surface area contributed by atoms with Crippen LogP contribution in [-0.2, 0) is 5.92 Å². The van der Waals surface area contributed by atoms with Gasteiger partial charge in [-0.1, -0.05) is 31.2 Å². The fraction of sp³-hybridized carbons (Fsp3) is 0.538. The van der Waals surface area contributed by atoms with Gasteiger partial charge in [0.25, 0.3) is 5.92 Å². The summed E-state index contributed by atoms with van der Waals surface area (Å²) in [5.41, 5.74) is 6.71. The fourth-order valence-corrected chi connectivity index (χ4v) is 1.85. The molecule has 0 aliphatic heterocycles. The van der Waals surface area contributed by atoms with Crippen molar-refractivity contribution in [2.75, 3.05) is 6.54 Å². The van der Waals surface area contributed by atoms with Crippen molar-refractivity contribution in [3.8, 4) is 0 Å². The monoisotopic (exact) mass is 225 g/mol. The molecule has 1 fully saturated rings. The van der Waals surface area contributed by atoms with Crippen molar-refractivity contribution >= 4 is 0 Å².